The lowest BCUT2D eigenvalue weighted by Crippen LogP contribution is -2.53. The Kier molecular flexibility index (Phi) is 5.46. The fraction of sp³-hybridized carbons (Fsp3) is 0.800. The minimum atomic E-state index is -0.745. The van der Waals surface area contributed by atoms with Crippen molar-refractivity contribution in [1.82, 2.24) is 0 Å². The lowest BCUT2D eigenvalue weighted by Gasteiger charge is -2.57. The van der Waals surface area contributed by atoms with Crippen molar-refractivity contribution in [3.63, 3.8) is 0 Å². The first-order valence-corrected chi connectivity index (χ1v) is 9.24. The molecule has 0 bridgehead atoms. The minimum Gasteiger partial charge on any atom is -0.481 e. The fourth-order valence-electron chi connectivity index (χ4n) is 5.59. The molecule has 2 aliphatic carbocycles. The van der Waals surface area contributed by atoms with Gasteiger partial charge in [0.2, 0.25) is 0 Å². The van der Waals surface area contributed by atoms with Gasteiger partial charge in [-0.2, -0.15) is 0 Å². The van der Waals surface area contributed by atoms with Crippen LogP contribution in [0.2, 0.25) is 0 Å². The highest BCUT2D eigenvalue weighted by molar-refractivity contribution is 5.75. The molecule has 24 heavy (non-hydrogen) atoms. The van der Waals surface area contributed by atoms with Gasteiger partial charge in [0.05, 0.1) is 5.41 Å². The molecule has 0 aromatic rings. The van der Waals surface area contributed by atoms with Crippen molar-refractivity contribution < 1.29 is 19.8 Å². The van der Waals surface area contributed by atoms with Crippen LogP contribution in [-0.2, 0) is 9.59 Å². The smallest absolute Gasteiger partial charge is 0.309 e. The molecule has 2 aliphatic rings. The van der Waals surface area contributed by atoms with E-state index in [0.29, 0.717) is 5.92 Å². The van der Waals surface area contributed by atoms with Crippen LogP contribution >= 0.6 is 0 Å². The van der Waals surface area contributed by atoms with Crippen molar-refractivity contribution >= 4 is 11.9 Å². The lowest BCUT2D eigenvalue weighted by atomic mass is 9.46. The molecule has 2 N–H and O–H groups in total. The number of rotatable bonds is 6. The van der Waals surface area contributed by atoms with Crippen molar-refractivity contribution in [1.29, 1.82) is 0 Å². The number of aliphatic carboxylic acids is 2. The van der Waals surface area contributed by atoms with E-state index >= 15 is 0 Å². The Bertz CT molecular complexity index is 526. The summed E-state index contributed by atoms with van der Waals surface area (Å²) in [7, 11) is 0. The molecule has 5 atom stereocenters. The first-order chi connectivity index (χ1) is 11.1. The summed E-state index contributed by atoms with van der Waals surface area (Å²) in [6.07, 6.45) is 6.57. The van der Waals surface area contributed by atoms with Crippen LogP contribution in [0.1, 0.15) is 72.1 Å². The summed E-state index contributed by atoms with van der Waals surface area (Å²) < 4.78 is 0. The van der Waals surface area contributed by atoms with Crippen molar-refractivity contribution in [2.24, 2.45) is 28.6 Å². The molecule has 2 fully saturated rings. The summed E-state index contributed by atoms with van der Waals surface area (Å²) >= 11 is 0. The number of hydrogen-bond donors (Lipinski definition) is 2. The van der Waals surface area contributed by atoms with E-state index < -0.39 is 17.4 Å². The number of carboxylic acid groups (broad SMARTS) is 2. The molecule has 0 aromatic carbocycles. The molecule has 2 rings (SSSR count). The average Bonchev–Trinajstić information content (AvgIpc) is 2.45. The summed E-state index contributed by atoms with van der Waals surface area (Å²) in [6, 6.07) is 0. The van der Waals surface area contributed by atoms with E-state index in [1.54, 1.807) is 0 Å². The number of allylic oxidation sites excluding steroid dienone is 1. The van der Waals surface area contributed by atoms with Gasteiger partial charge in [-0.25, -0.2) is 0 Å². The van der Waals surface area contributed by atoms with Crippen LogP contribution in [0.5, 0.6) is 0 Å². The van der Waals surface area contributed by atoms with Gasteiger partial charge in [-0.15, -0.1) is 0 Å². The number of carbonyl (C=O) groups is 2. The maximum absolute atomic E-state index is 12.0. The SMILES string of the molecule is C=C1CC[C@H]2[C@@](C)(CCC[C@@]2(C)C(=O)O)[C@H]1CC[C@H](C)CC(=O)O. The van der Waals surface area contributed by atoms with E-state index in [2.05, 4.69) is 13.5 Å². The van der Waals surface area contributed by atoms with Crippen LogP contribution < -0.4 is 0 Å². The van der Waals surface area contributed by atoms with Gasteiger partial charge in [-0.05, 0) is 68.6 Å². The molecular formula is C20H32O4. The molecule has 0 aromatic heterocycles. The summed E-state index contributed by atoms with van der Waals surface area (Å²) in [6.45, 7) is 10.5. The second-order valence-corrected chi connectivity index (χ2v) is 8.66. The molecule has 0 aliphatic heterocycles. The van der Waals surface area contributed by atoms with Crippen LogP contribution in [0.15, 0.2) is 12.2 Å². The predicted octanol–water partition coefficient (Wildman–Crippen LogP) is 4.74. The van der Waals surface area contributed by atoms with E-state index in [1.807, 2.05) is 13.8 Å². The van der Waals surface area contributed by atoms with Crippen LogP contribution in [0.3, 0.4) is 0 Å². The maximum Gasteiger partial charge on any atom is 0.309 e. The molecule has 136 valence electrons. The molecular weight excluding hydrogens is 304 g/mol. The molecule has 0 spiro atoms. The molecule has 0 amide bonds. The Morgan fingerprint density at radius 3 is 2.54 bits per heavy atom. The van der Waals surface area contributed by atoms with Gasteiger partial charge in [0.25, 0.3) is 0 Å². The average molecular weight is 336 g/mol. The molecule has 0 saturated heterocycles. The Hall–Kier alpha value is -1.32. The van der Waals surface area contributed by atoms with Gasteiger partial charge in [-0.1, -0.05) is 32.4 Å². The third-order valence-electron chi connectivity index (χ3n) is 6.98. The molecule has 4 heteroatoms. The highest BCUT2D eigenvalue weighted by atomic mass is 16.4. The van der Waals surface area contributed by atoms with Crippen molar-refractivity contribution in [2.45, 2.75) is 72.1 Å². The Morgan fingerprint density at radius 1 is 1.29 bits per heavy atom. The summed E-state index contributed by atoms with van der Waals surface area (Å²) in [4.78, 5) is 22.9. The van der Waals surface area contributed by atoms with Crippen LogP contribution in [0, 0.1) is 28.6 Å². The first kappa shape index (κ1) is 19.0. The molecule has 0 unspecified atom stereocenters. The van der Waals surface area contributed by atoms with Gasteiger partial charge in [0.15, 0.2) is 0 Å². The zero-order valence-electron chi connectivity index (χ0n) is 15.3. The summed E-state index contributed by atoms with van der Waals surface area (Å²) in [5.41, 5.74) is 0.577. The zero-order chi connectivity index (χ0) is 18.1. The van der Waals surface area contributed by atoms with E-state index in [-0.39, 0.29) is 23.7 Å². The minimum absolute atomic E-state index is 0.0241. The normalized spacial score (nSPS) is 37.5. The van der Waals surface area contributed by atoms with E-state index in [1.165, 1.54) is 5.57 Å². The summed E-state index contributed by atoms with van der Waals surface area (Å²) in [5, 5.41) is 18.8. The van der Waals surface area contributed by atoms with Gasteiger partial charge in [-0.3, -0.25) is 9.59 Å². The zero-order valence-corrected chi connectivity index (χ0v) is 15.3. The largest absolute Gasteiger partial charge is 0.481 e. The number of hydrogen-bond acceptors (Lipinski definition) is 2. The Labute approximate surface area is 145 Å². The third kappa shape index (κ3) is 3.38. The van der Waals surface area contributed by atoms with Crippen LogP contribution in [0.4, 0.5) is 0 Å². The summed E-state index contributed by atoms with van der Waals surface area (Å²) in [5.74, 6) is -0.768. The number of fused-ring (bicyclic) bond motifs is 1. The van der Waals surface area contributed by atoms with Crippen LogP contribution in [-0.4, -0.2) is 22.2 Å². The van der Waals surface area contributed by atoms with Gasteiger partial charge < -0.3 is 10.2 Å². The van der Waals surface area contributed by atoms with Crippen molar-refractivity contribution in [3.8, 4) is 0 Å². The second kappa shape index (κ2) is 6.89. The highest BCUT2D eigenvalue weighted by Crippen LogP contribution is 2.62. The standard InChI is InChI=1S/C20H32O4/c1-13(12-17(21)22)6-8-15-14(2)7-9-16-19(15,3)10-5-11-20(16,4)18(23)24/h13,15-16H,2,5-12H2,1,3-4H3,(H,21,22)(H,23,24)/t13-,15-,16-,19-,20+/m0/s1. The van der Waals surface area contributed by atoms with Gasteiger partial charge >= 0.3 is 11.9 Å². The lowest BCUT2D eigenvalue weighted by molar-refractivity contribution is -0.164. The Balaban J connectivity index is 2.19. The first-order valence-electron chi connectivity index (χ1n) is 9.24. The molecule has 4 nitrogen and oxygen atoms in total. The third-order valence-corrected chi connectivity index (χ3v) is 6.98. The fourth-order valence-corrected chi connectivity index (χ4v) is 5.59. The van der Waals surface area contributed by atoms with Crippen molar-refractivity contribution in [3.05, 3.63) is 12.2 Å². The van der Waals surface area contributed by atoms with Gasteiger partial charge in [0, 0.05) is 6.42 Å². The number of carboxylic acids is 2. The van der Waals surface area contributed by atoms with Gasteiger partial charge in [0.1, 0.15) is 0 Å². The topological polar surface area (TPSA) is 74.6 Å². The Morgan fingerprint density at radius 2 is 1.96 bits per heavy atom. The van der Waals surface area contributed by atoms with Crippen LogP contribution in [0.25, 0.3) is 0 Å². The quantitative estimate of drug-likeness (QED) is 0.687. The van der Waals surface area contributed by atoms with E-state index in [4.69, 9.17) is 5.11 Å². The maximum atomic E-state index is 12.0. The second-order valence-electron chi connectivity index (χ2n) is 8.66. The highest BCUT2D eigenvalue weighted by Gasteiger charge is 2.57. The molecule has 0 heterocycles. The van der Waals surface area contributed by atoms with E-state index in [9.17, 15) is 14.7 Å². The predicted molar refractivity (Wildman–Crippen MR) is 93.7 cm³/mol. The molecule has 0 radical (unpaired) electrons. The van der Waals surface area contributed by atoms with E-state index in [0.717, 1.165) is 44.9 Å². The molecule has 2 saturated carbocycles. The monoisotopic (exact) mass is 336 g/mol. The van der Waals surface area contributed by atoms with Crippen molar-refractivity contribution in [2.75, 3.05) is 0 Å².